The Hall–Kier alpha value is -0.470. The second kappa shape index (κ2) is 6.10. The van der Waals surface area contributed by atoms with Crippen molar-refractivity contribution in [2.24, 2.45) is 0 Å². The van der Waals surface area contributed by atoms with Crippen molar-refractivity contribution in [3.63, 3.8) is 0 Å². The highest BCUT2D eigenvalue weighted by molar-refractivity contribution is 9.09. The van der Waals surface area contributed by atoms with Crippen LogP contribution in [0.3, 0.4) is 0 Å². The summed E-state index contributed by atoms with van der Waals surface area (Å²) in [4.78, 5) is 0. The lowest BCUT2D eigenvalue weighted by Gasteiger charge is -2.07. The van der Waals surface area contributed by atoms with Crippen LogP contribution in [0, 0.1) is 0 Å². The largest absolute Gasteiger partial charge is 0.488 e. The van der Waals surface area contributed by atoms with Gasteiger partial charge in [-0.15, -0.1) is 0 Å². The van der Waals surface area contributed by atoms with Crippen LogP contribution >= 0.6 is 27.5 Å². The average molecular weight is 276 g/mol. The Morgan fingerprint density at radius 2 is 2.29 bits per heavy atom. The van der Waals surface area contributed by atoms with E-state index in [-0.39, 0.29) is 0 Å². The maximum Gasteiger partial charge on any atom is 0.138 e. The molecule has 76 valence electrons. The fourth-order valence-corrected chi connectivity index (χ4v) is 1.70. The first-order valence-corrected chi connectivity index (χ1v) is 5.86. The smallest absolute Gasteiger partial charge is 0.138 e. The number of rotatable bonds is 5. The number of hydrogen-bond donors (Lipinski definition) is 0. The summed E-state index contributed by atoms with van der Waals surface area (Å²) < 4.78 is 5.41. The zero-order valence-electron chi connectivity index (χ0n) is 7.80. The first kappa shape index (κ1) is 11.6. The van der Waals surface area contributed by atoms with E-state index in [0.29, 0.717) is 11.6 Å². The molecule has 3 heteroatoms. The van der Waals surface area contributed by atoms with Crippen LogP contribution < -0.4 is 4.74 Å². The van der Waals surface area contributed by atoms with Gasteiger partial charge in [0.05, 0.1) is 5.02 Å². The fourth-order valence-electron chi connectivity index (χ4n) is 1.07. The zero-order chi connectivity index (χ0) is 10.4. The van der Waals surface area contributed by atoms with E-state index in [2.05, 4.69) is 22.5 Å². The van der Waals surface area contributed by atoms with E-state index in [1.165, 1.54) is 5.56 Å². The number of aryl methyl sites for hydroxylation is 1. The fraction of sp³-hybridized carbons (Fsp3) is 0.273. The molecule has 0 atom stereocenters. The van der Waals surface area contributed by atoms with Crippen molar-refractivity contribution in [1.82, 2.24) is 0 Å². The maximum absolute atomic E-state index is 5.96. The highest BCUT2D eigenvalue weighted by Gasteiger charge is 2.02. The van der Waals surface area contributed by atoms with Crippen LogP contribution in [0.2, 0.25) is 5.02 Å². The van der Waals surface area contributed by atoms with Crippen molar-refractivity contribution in [3.8, 4) is 5.75 Å². The number of benzene rings is 1. The van der Waals surface area contributed by atoms with Gasteiger partial charge < -0.3 is 4.74 Å². The molecule has 0 amide bonds. The standard InChI is InChI=1S/C11H12BrClO/c1-2-7-14-11-8-9(5-6-12)3-4-10(11)13/h2-4,8H,1,5-7H2. The molecule has 0 saturated carbocycles. The van der Waals surface area contributed by atoms with Crippen molar-refractivity contribution in [2.45, 2.75) is 6.42 Å². The SMILES string of the molecule is C=CCOc1cc(CCBr)ccc1Cl. The molecule has 0 aromatic heterocycles. The molecular formula is C11H12BrClO. The molecule has 1 nitrogen and oxygen atoms in total. The maximum atomic E-state index is 5.96. The number of ether oxygens (including phenoxy) is 1. The molecule has 0 heterocycles. The Bertz CT molecular complexity index is 312. The molecular weight excluding hydrogens is 263 g/mol. The minimum atomic E-state index is 0.484. The predicted molar refractivity (Wildman–Crippen MR) is 64.6 cm³/mol. The first-order valence-electron chi connectivity index (χ1n) is 4.36. The lowest BCUT2D eigenvalue weighted by atomic mass is 10.2. The second-order valence-corrected chi connectivity index (χ2v) is 4.00. The summed E-state index contributed by atoms with van der Waals surface area (Å²) in [6.45, 7) is 4.07. The summed E-state index contributed by atoms with van der Waals surface area (Å²) >= 11 is 9.35. The van der Waals surface area contributed by atoms with Gasteiger partial charge in [0, 0.05) is 5.33 Å². The topological polar surface area (TPSA) is 9.23 Å². The summed E-state index contributed by atoms with van der Waals surface area (Å²) in [6, 6.07) is 5.83. The monoisotopic (exact) mass is 274 g/mol. The molecule has 0 unspecified atom stereocenters. The van der Waals surface area contributed by atoms with Gasteiger partial charge in [-0.3, -0.25) is 0 Å². The van der Waals surface area contributed by atoms with Crippen molar-refractivity contribution in [2.75, 3.05) is 11.9 Å². The Balaban J connectivity index is 2.78. The van der Waals surface area contributed by atoms with Gasteiger partial charge in [-0.05, 0) is 24.1 Å². The van der Waals surface area contributed by atoms with E-state index >= 15 is 0 Å². The van der Waals surface area contributed by atoms with Crippen LogP contribution in [-0.4, -0.2) is 11.9 Å². The molecule has 0 bridgehead atoms. The van der Waals surface area contributed by atoms with Gasteiger partial charge in [-0.1, -0.05) is 46.3 Å². The molecule has 1 aromatic rings. The molecule has 1 rings (SSSR count). The third-order valence-electron chi connectivity index (χ3n) is 1.74. The number of alkyl halides is 1. The van der Waals surface area contributed by atoms with Crippen LogP contribution in [0.4, 0.5) is 0 Å². The van der Waals surface area contributed by atoms with Crippen molar-refractivity contribution < 1.29 is 4.74 Å². The minimum Gasteiger partial charge on any atom is -0.488 e. The summed E-state index contributed by atoms with van der Waals surface area (Å²) in [6.07, 6.45) is 2.68. The van der Waals surface area contributed by atoms with Crippen LogP contribution in [0.5, 0.6) is 5.75 Å². The van der Waals surface area contributed by atoms with Crippen LogP contribution in [0.25, 0.3) is 0 Å². The predicted octanol–water partition coefficient (Wildman–Crippen LogP) is 3.84. The molecule has 0 N–H and O–H groups in total. The van der Waals surface area contributed by atoms with E-state index in [0.717, 1.165) is 17.5 Å². The molecule has 0 fully saturated rings. The third-order valence-corrected chi connectivity index (χ3v) is 2.44. The molecule has 0 aliphatic heterocycles. The van der Waals surface area contributed by atoms with Crippen molar-refractivity contribution >= 4 is 27.5 Å². The van der Waals surface area contributed by atoms with Gasteiger partial charge >= 0.3 is 0 Å². The van der Waals surface area contributed by atoms with E-state index in [1.54, 1.807) is 6.08 Å². The highest BCUT2D eigenvalue weighted by atomic mass is 79.9. The van der Waals surface area contributed by atoms with E-state index < -0.39 is 0 Å². The average Bonchev–Trinajstić information content (AvgIpc) is 2.19. The summed E-state index contributed by atoms with van der Waals surface area (Å²) in [5, 5.41) is 1.58. The van der Waals surface area contributed by atoms with Gasteiger partial charge in [-0.25, -0.2) is 0 Å². The molecule has 0 aliphatic rings. The van der Waals surface area contributed by atoms with Crippen LogP contribution in [-0.2, 0) is 6.42 Å². The van der Waals surface area contributed by atoms with Crippen LogP contribution in [0.1, 0.15) is 5.56 Å². The molecule has 0 saturated heterocycles. The molecule has 0 aliphatic carbocycles. The summed E-state index contributed by atoms with van der Waals surface area (Å²) in [5.74, 6) is 0.727. The second-order valence-electron chi connectivity index (χ2n) is 2.80. The molecule has 1 aromatic carbocycles. The normalized spacial score (nSPS) is 9.86. The minimum absolute atomic E-state index is 0.484. The Labute approximate surface area is 97.9 Å². The Kier molecular flexibility index (Phi) is 5.05. The van der Waals surface area contributed by atoms with Gasteiger partial charge in [0.25, 0.3) is 0 Å². The summed E-state index contributed by atoms with van der Waals surface area (Å²) in [7, 11) is 0. The number of hydrogen-bond acceptors (Lipinski definition) is 1. The molecule has 0 spiro atoms. The van der Waals surface area contributed by atoms with E-state index in [9.17, 15) is 0 Å². The molecule has 14 heavy (non-hydrogen) atoms. The van der Waals surface area contributed by atoms with Crippen molar-refractivity contribution in [1.29, 1.82) is 0 Å². The Morgan fingerprint density at radius 1 is 1.50 bits per heavy atom. The van der Waals surface area contributed by atoms with Gasteiger partial charge in [0.1, 0.15) is 12.4 Å². The van der Waals surface area contributed by atoms with E-state index in [4.69, 9.17) is 16.3 Å². The van der Waals surface area contributed by atoms with Gasteiger partial charge in [0.15, 0.2) is 0 Å². The third kappa shape index (κ3) is 3.35. The van der Waals surface area contributed by atoms with Crippen LogP contribution in [0.15, 0.2) is 30.9 Å². The van der Waals surface area contributed by atoms with Crippen molar-refractivity contribution in [3.05, 3.63) is 41.4 Å². The van der Waals surface area contributed by atoms with Gasteiger partial charge in [0.2, 0.25) is 0 Å². The number of halogens is 2. The lowest BCUT2D eigenvalue weighted by molar-refractivity contribution is 0.363. The quantitative estimate of drug-likeness (QED) is 0.586. The molecule has 0 radical (unpaired) electrons. The highest BCUT2D eigenvalue weighted by Crippen LogP contribution is 2.25. The Morgan fingerprint density at radius 3 is 2.93 bits per heavy atom. The zero-order valence-corrected chi connectivity index (χ0v) is 10.1. The summed E-state index contributed by atoms with van der Waals surface area (Å²) in [5.41, 5.74) is 1.21. The lowest BCUT2D eigenvalue weighted by Crippen LogP contribution is -1.95. The van der Waals surface area contributed by atoms with E-state index in [1.807, 2.05) is 18.2 Å². The van der Waals surface area contributed by atoms with Gasteiger partial charge in [-0.2, -0.15) is 0 Å². The first-order chi connectivity index (χ1) is 6.77.